The number of H-pyrrole nitrogens is 1. The molecule has 1 heterocycles. The predicted molar refractivity (Wildman–Crippen MR) is 59.1 cm³/mol. The molecule has 0 spiro atoms. The number of nitrogens with one attached hydrogen (secondary N) is 1. The lowest BCUT2D eigenvalue weighted by molar-refractivity contribution is -0.384. The third-order valence-electron chi connectivity index (χ3n) is 2.17. The van der Waals surface area contributed by atoms with E-state index >= 15 is 0 Å². The first-order valence-electron chi connectivity index (χ1n) is 4.69. The standard InChI is InChI=1S/C10H8N4O3/c15-13-9(10-11-5-6-12-10)7-1-3-8(4-2-7)14(16)17/h1-6,15H,(H,11,12)/b13-9-. The van der Waals surface area contributed by atoms with Crippen molar-refractivity contribution in [3.05, 3.63) is 58.2 Å². The van der Waals surface area contributed by atoms with Crippen LogP contribution in [0.4, 0.5) is 5.69 Å². The highest BCUT2D eigenvalue weighted by Gasteiger charge is 2.12. The molecule has 0 aliphatic rings. The average molecular weight is 232 g/mol. The maximum Gasteiger partial charge on any atom is 0.269 e. The van der Waals surface area contributed by atoms with Crippen LogP contribution in [0.2, 0.25) is 0 Å². The Balaban J connectivity index is 2.37. The van der Waals surface area contributed by atoms with Gasteiger partial charge in [-0.25, -0.2) is 4.98 Å². The fourth-order valence-corrected chi connectivity index (χ4v) is 1.38. The van der Waals surface area contributed by atoms with E-state index in [-0.39, 0.29) is 11.4 Å². The van der Waals surface area contributed by atoms with Gasteiger partial charge in [-0.15, -0.1) is 0 Å². The summed E-state index contributed by atoms with van der Waals surface area (Å²) in [6, 6.07) is 5.66. The van der Waals surface area contributed by atoms with E-state index in [1.54, 1.807) is 6.20 Å². The van der Waals surface area contributed by atoms with Crippen LogP contribution in [0.1, 0.15) is 11.4 Å². The zero-order valence-electron chi connectivity index (χ0n) is 8.57. The van der Waals surface area contributed by atoms with Crippen LogP contribution in [0, 0.1) is 10.1 Å². The quantitative estimate of drug-likeness (QED) is 0.362. The number of nitrogens with zero attached hydrogens (tertiary/aromatic N) is 3. The minimum absolute atomic E-state index is 0.0227. The lowest BCUT2D eigenvalue weighted by atomic mass is 10.1. The average Bonchev–Trinajstić information content (AvgIpc) is 2.84. The van der Waals surface area contributed by atoms with Gasteiger partial charge in [0, 0.05) is 30.1 Å². The first kappa shape index (κ1) is 10.8. The molecule has 0 aliphatic heterocycles. The predicted octanol–water partition coefficient (Wildman–Crippen LogP) is 1.54. The molecular weight excluding hydrogens is 224 g/mol. The molecular formula is C10H8N4O3. The number of aromatic nitrogens is 2. The molecule has 7 heteroatoms. The number of hydrogen-bond donors (Lipinski definition) is 2. The zero-order valence-corrected chi connectivity index (χ0v) is 8.57. The maximum atomic E-state index is 10.5. The van der Waals surface area contributed by atoms with Crippen LogP contribution < -0.4 is 0 Å². The van der Waals surface area contributed by atoms with Crippen LogP contribution in [0.15, 0.2) is 41.8 Å². The van der Waals surface area contributed by atoms with E-state index in [9.17, 15) is 10.1 Å². The highest BCUT2D eigenvalue weighted by Crippen LogP contribution is 2.14. The second kappa shape index (κ2) is 4.44. The van der Waals surface area contributed by atoms with Gasteiger partial charge < -0.3 is 10.2 Å². The third kappa shape index (κ3) is 2.12. The van der Waals surface area contributed by atoms with Gasteiger partial charge in [-0.1, -0.05) is 5.16 Å². The van der Waals surface area contributed by atoms with E-state index in [4.69, 9.17) is 5.21 Å². The molecule has 0 bridgehead atoms. The van der Waals surface area contributed by atoms with Crippen molar-refractivity contribution in [2.45, 2.75) is 0 Å². The molecule has 7 nitrogen and oxygen atoms in total. The minimum Gasteiger partial charge on any atom is -0.410 e. The first-order chi connectivity index (χ1) is 8.22. The summed E-state index contributed by atoms with van der Waals surface area (Å²) >= 11 is 0. The smallest absolute Gasteiger partial charge is 0.269 e. The van der Waals surface area contributed by atoms with E-state index in [2.05, 4.69) is 15.1 Å². The summed E-state index contributed by atoms with van der Waals surface area (Å²) in [5, 5.41) is 22.5. The van der Waals surface area contributed by atoms with Crippen molar-refractivity contribution in [3.8, 4) is 0 Å². The summed E-state index contributed by atoms with van der Waals surface area (Å²) in [4.78, 5) is 16.7. The molecule has 2 N–H and O–H groups in total. The van der Waals surface area contributed by atoms with Crippen molar-refractivity contribution in [3.63, 3.8) is 0 Å². The van der Waals surface area contributed by atoms with Gasteiger partial charge in [0.05, 0.1) is 4.92 Å². The maximum absolute atomic E-state index is 10.5. The van der Waals surface area contributed by atoms with Gasteiger partial charge in [-0.3, -0.25) is 10.1 Å². The van der Waals surface area contributed by atoms with Crippen LogP contribution in [0.5, 0.6) is 0 Å². The second-order valence-corrected chi connectivity index (χ2v) is 3.19. The van der Waals surface area contributed by atoms with Gasteiger partial charge in [0.15, 0.2) is 11.5 Å². The number of oxime groups is 1. The minimum atomic E-state index is -0.494. The summed E-state index contributed by atoms with van der Waals surface area (Å²) in [6.07, 6.45) is 3.11. The molecule has 0 unspecified atom stereocenters. The Hall–Kier alpha value is -2.70. The Morgan fingerprint density at radius 1 is 1.41 bits per heavy atom. The molecule has 2 aromatic rings. The van der Waals surface area contributed by atoms with Crippen LogP contribution >= 0.6 is 0 Å². The molecule has 0 aliphatic carbocycles. The third-order valence-corrected chi connectivity index (χ3v) is 2.17. The van der Waals surface area contributed by atoms with Gasteiger partial charge in [0.25, 0.3) is 5.69 Å². The Labute approximate surface area is 95.6 Å². The summed E-state index contributed by atoms with van der Waals surface area (Å²) in [6.45, 7) is 0. The topological polar surface area (TPSA) is 104 Å². The van der Waals surface area contributed by atoms with Gasteiger partial charge in [-0.2, -0.15) is 0 Å². The molecule has 1 aromatic heterocycles. The first-order valence-corrected chi connectivity index (χ1v) is 4.69. The van der Waals surface area contributed by atoms with Gasteiger partial charge in [-0.05, 0) is 12.1 Å². The Morgan fingerprint density at radius 3 is 2.59 bits per heavy atom. The molecule has 86 valence electrons. The molecule has 1 aromatic carbocycles. The van der Waals surface area contributed by atoms with Crippen molar-refractivity contribution in [1.29, 1.82) is 0 Å². The van der Waals surface area contributed by atoms with Crippen molar-refractivity contribution in [2.24, 2.45) is 5.16 Å². The van der Waals surface area contributed by atoms with Crippen molar-refractivity contribution < 1.29 is 10.1 Å². The van der Waals surface area contributed by atoms with Crippen LogP contribution in [-0.4, -0.2) is 25.8 Å². The molecule has 0 amide bonds. The van der Waals surface area contributed by atoms with Gasteiger partial charge >= 0.3 is 0 Å². The van der Waals surface area contributed by atoms with Crippen LogP contribution in [0.3, 0.4) is 0 Å². The SMILES string of the molecule is O=[N+]([O-])c1ccc(/C(=N/O)c2ncc[nH]2)cc1. The number of aromatic amines is 1. The number of benzene rings is 1. The number of rotatable bonds is 3. The van der Waals surface area contributed by atoms with Crippen molar-refractivity contribution >= 4 is 11.4 Å². The Bertz CT molecular complexity index is 545. The molecule has 0 atom stereocenters. The number of hydrogen-bond acceptors (Lipinski definition) is 5. The summed E-state index contributed by atoms with van der Waals surface area (Å²) in [5.41, 5.74) is 0.739. The highest BCUT2D eigenvalue weighted by molar-refractivity contribution is 6.10. The number of nitro benzene ring substituents is 1. The molecule has 0 radical (unpaired) electrons. The number of nitro groups is 1. The molecule has 0 saturated carbocycles. The summed E-state index contributed by atoms with van der Waals surface area (Å²) < 4.78 is 0. The Kier molecular flexibility index (Phi) is 2.82. The fraction of sp³-hybridized carbons (Fsp3) is 0. The van der Waals surface area contributed by atoms with Gasteiger partial charge in [0.1, 0.15) is 0 Å². The second-order valence-electron chi connectivity index (χ2n) is 3.19. The summed E-state index contributed by atoms with van der Waals surface area (Å²) in [5.74, 6) is 0.390. The lowest BCUT2D eigenvalue weighted by Gasteiger charge is -2.00. The molecule has 2 rings (SSSR count). The lowest BCUT2D eigenvalue weighted by Crippen LogP contribution is -2.05. The van der Waals surface area contributed by atoms with E-state index in [0.717, 1.165) is 0 Å². The Morgan fingerprint density at radius 2 is 2.12 bits per heavy atom. The number of non-ortho nitro benzene ring substituents is 1. The largest absolute Gasteiger partial charge is 0.410 e. The molecule has 0 fully saturated rings. The van der Waals surface area contributed by atoms with Gasteiger partial charge in [0.2, 0.25) is 0 Å². The highest BCUT2D eigenvalue weighted by atomic mass is 16.6. The van der Waals surface area contributed by atoms with Crippen LogP contribution in [-0.2, 0) is 0 Å². The molecule has 0 saturated heterocycles. The van der Waals surface area contributed by atoms with Crippen LogP contribution in [0.25, 0.3) is 0 Å². The van der Waals surface area contributed by atoms with E-state index in [0.29, 0.717) is 11.4 Å². The van der Waals surface area contributed by atoms with Crippen molar-refractivity contribution in [2.75, 3.05) is 0 Å². The monoisotopic (exact) mass is 232 g/mol. The zero-order chi connectivity index (χ0) is 12.3. The van der Waals surface area contributed by atoms with E-state index < -0.39 is 4.92 Å². The van der Waals surface area contributed by atoms with E-state index in [1.807, 2.05) is 0 Å². The van der Waals surface area contributed by atoms with Crippen molar-refractivity contribution in [1.82, 2.24) is 9.97 Å². The number of imidazole rings is 1. The normalized spacial score (nSPS) is 11.4. The molecule has 17 heavy (non-hydrogen) atoms. The van der Waals surface area contributed by atoms with E-state index in [1.165, 1.54) is 30.5 Å². The fourth-order valence-electron chi connectivity index (χ4n) is 1.38. The summed E-state index contributed by atoms with van der Waals surface area (Å²) in [7, 11) is 0.